The lowest BCUT2D eigenvalue weighted by molar-refractivity contribution is -0.146. The van der Waals surface area contributed by atoms with E-state index in [2.05, 4.69) is 18.0 Å². The van der Waals surface area contributed by atoms with E-state index >= 15 is 0 Å². The average Bonchev–Trinajstić information content (AvgIpc) is 2.43. The fraction of sp³-hybridized carbons (Fsp3) is 0.938. The molecule has 23 heavy (non-hydrogen) atoms. The zero-order valence-corrected chi connectivity index (χ0v) is 15.4. The highest BCUT2D eigenvalue weighted by Gasteiger charge is 2.18. The third kappa shape index (κ3) is 14.7. The van der Waals surface area contributed by atoms with Crippen LogP contribution in [0.2, 0.25) is 0 Å². The first kappa shape index (κ1) is 22.3. The first-order valence-electron chi connectivity index (χ1n) is 8.59. The Morgan fingerprint density at radius 1 is 1.09 bits per heavy atom. The summed E-state index contributed by atoms with van der Waals surface area (Å²) in [6.07, 6.45) is 8.27. The van der Waals surface area contributed by atoms with Crippen LogP contribution in [0.15, 0.2) is 0 Å². The summed E-state index contributed by atoms with van der Waals surface area (Å²) in [5, 5.41) is 0. The summed E-state index contributed by atoms with van der Waals surface area (Å²) < 4.78 is 39.0. The molecule has 0 radical (unpaired) electrons. The van der Waals surface area contributed by atoms with Crippen LogP contribution < -0.4 is 0 Å². The van der Waals surface area contributed by atoms with Gasteiger partial charge >= 0.3 is 16.4 Å². The molecule has 0 aromatic heterocycles. The zero-order chi connectivity index (χ0) is 17.7. The van der Waals surface area contributed by atoms with Crippen molar-refractivity contribution in [2.24, 2.45) is 5.92 Å². The minimum Gasteiger partial charge on any atom is -0.465 e. The van der Waals surface area contributed by atoms with E-state index < -0.39 is 22.5 Å². The maximum atomic E-state index is 11.6. The molecule has 0 saturated heterocycles. The van der Waals surface area contributed by atoms with Crippen LogP contribution in [-0.4, -0.2) is 31.7 Å². The Morgan fingerprint density at radius 2 is 1.70 bits per heavy atom. The molecule has 1 N–H and O–H groups in total. The number of hydrogen-bond donors (Lipinski definition) is 1. The molecule has 2 atom stereocenters. The quantitative estimate of drug-likeness (QED) is 0.290. The lowest BCUT2D eigenvalue weighted by Gasteiger charge is -2.16. The largest absolute Gasteiger partial charge is 0.465 e. The van der Waals surface area contributed by atoms with Crippen molar-refractivity contribution in [1.82, 2.24) is 0 Å². The van der Waals surface area contributed by atoms with Crippen molar-refractivity contribution in [2.45, 2.75) is 84.7 Å². The van der Waals surface area contributed by atoms with Gasteiger partial charge in [0.25, 0.3) is 0 Å². The summed E-state index contributed by atoms with van der Waals surface area (Å²) in [4.78, 5) is 11.6. The van der Waals surface area contributed by atoms with Crippen molar-refractivity contribution in [1.29, 1.82) is 0 Å². The van der Waals surface area contributed by atoms with E-state index in [1.54, 1.807) is 0 Å². The molecule has 0 amide bonds. The van der Waals surface area contributed by atoms with Gasteiger partial charge in [0.2, 0.25) is 0 Å². The third-order valence-electron chi connectivity index (χ3n) is 3.76. The molecule has 0 spiro atoms. The van der Waals surface area contributed by atoms with Crippen LogP contribution in [-0.2, 0) is 24.1 Å². The van der Waals surface area contributed by atoms with E-state index in [4.69, 9.17) is 9.29 Å². The molecular weight excluding hydrogens is 320 g/mol. The standard InChI is InChI=1S/C16H32O6S/c1-4-6-7-8-9-10-11-15(5-2)13-21-16(17)12-14(3)22-23(18,19)20/h14-15H,4-13H2,1-3H3,(H,18,19,20). The Balaban J connectivity index is 3.85. The molecule has 7 heteroatoms. The monoisotopic (exact) mass is 352 g/mol. The first-order chi connectivity index (χ1) is 10.8. The van der Waals surface area contributed by atoms with Crippen LogP contribution in [0.5, 0.6) is 0 Å². The van der Waals surface area contributed by atoms with Crippen molar-refractivity contribution >= 4 is 16.4 Å². The van der Waals surface area contributed by atoms with Gasteiger partial charge in [0, 0.05) is 0 Å². The van der Waals surface area contributed by atoms with E-state index in [-0.39, 0.29) is 6.42 Å². The van der Waals surface area contributed by atoms with Gasteiger partial charge in [-0.3, -0.25) is 9.35 Å². The summed E-state index contributed by atoms with van der Waals surface area (Å²) in [7, 11) is -4.53. The van der Waals surface area contributed by atoms with Crippen molar-refractivity contribution in [3.05, 3.63) is 0 Å². The highest BCUT2D eigenvalue weighted by molar-refractivity contribution is 7.80. The maximum absolute atomic E-state index is 11.6. The van der Waals surface area contributed by atoms with Gasteiger partial charge in [-0.15, -0.1) is 0 Å². The molecule has 0 fully saturated rings. The maximum Gasteiger partial charge on any atom is 0.397 e. The summed E-state index contributed by atoms with van der Waals surface area (Å²) in [6, 6.07) is 0. The highest BCUT2D eigenvalue weighted by Crippen LogP contribution is 2.16. The number of ether oxygens (including phenoxy) is 1. The third-order valence-corrected chi connectivity index (χ3v) is 4.34. The number of unbranched alkanes of at least 4 members (excludes halogenated alkanes) is 5. The van der Waals surface area contributed by atoms with Crippen molar-refractivity contribution < 1.29 is 26.7 Å². The number of esters is 1. The summed E-state index contributed by atoms with van der Waals surface area (Å²) >= 11 is 0. The minimum absolute atomic E-state index is 0.201. The first-order valence-corrected chi connectivity index (χ1v) is 9.96. The number of hydrogen-bond acceptors (Lipinski definition) is 5. The second-order valence-electron chi connectivity index (χ2n) is 6.05. The van der Waals surface area contributed by atoms with E-state index in [9.17, 15) is 13.2 Å². The molecule has 0 aliphatic carbocycles. The Morgan fingerprint density at radius 3 is 2.26 bits per heavy atom. The molecular formula is C16H32O6S. The number of carbonyl (C=O) groups excluding carboxylic acids is 1. The van der Waals surface area contributed by atoms with E-state index in [1.807, 2.05) is 0 Å². The summed E-state index contributed by atoms with van der Waals surface area (Å²) in [5.74, 6) is -0.175. The van der Waals surface area contributed by atoms with Gasteiger partial charge in [-0.2, -0.15) is 8.42 Å². The summed E-state index contributed by atoms with van der Waals surface area (Å²) in [5.41, 5.74) is 0. The molecule has 0 aromatic carbocycles. The molecule has 0 heterocycles. The molecule has 0 aliphatic heterocycles. The second-order valence-corrected chi connectivity index (χ2v) is 7.10. The van der Waals surface area contributed by atoms with Gasteiger partial charge in [-0.05, 0) is 19.3 Å². The number of rotatable bonds is 14. The Labute approximate surface area is 140 Å². The average molecular weight is 352 g/mol. The van der Waals surface area contributed by atoms with Gasteiger partial charge in [0.05, 0.1) is 19.1 Å². The van der Waals surface area contributed by atoms with Crippen molar-refractivity contribution in [2.75, 3.05) is 6.61 Å². The molecule has 0 aliphatic rings. The van der Waals surface area contributed by atoms with E-state index in [1.165, 1.54) is 39.0 Å². The van der Waals surface area contributed by atoms with Gasteiger partial charge in [0.15, 0.2) is 0 Å². The van der Waals surface area contributed by atoms with Crippen LogP contribution in [0.3, 0.4) is 0 Å². The fourth-order valence-corrected chi connectivity index (χ4v) is 2.85. The van der Waals surface area contributed by atoms with Crippen molar-refractivity contribution in [3.8, 4) is 0 Å². The van der Waals surface area contributed by atoms with Crippen LogP contribution in [0.4, 0.5) is 0 Å². The SMILES string of the molecule is CCCCCCCCC(CC)COC(=O)CC(C)OS(=O)(=O)O. The molecule has 0 aromatic rings. The van der Waals surface area contributed by atoms with Gasteiger partial charge < -0.3 is 4.74 Å². The predicted molar refractivity (Wildman–Crippen MR) is 89.4 cm³/mol. The number of carbonyl (C=O) groups is 1. The lowest BCUT2D eigenvalue weighted by Crippen LogP contribution is -2.21. The fourth-order valence-electron chi connectivity index (χ4n) is 2.36. The van der Waals surface area contributed by atoms with Crippen LogP contribution in [0.1, 0.15) is 78.6 Å². The molecule has 2 unspecified atom stereocenters. The Hall–Kier alpha value is -0.660. The topological polar surface area (TPSA) is 89.9 Å². The van der Waals surface area contributed by atoms with Crippen LogP contribution >= 0.6 is 0 Å². The zero-order valence-electron chi connectivity index (χ0n) is 14.6. The van der Waals surface area contributed by atoms with Gasteiger partial charge in [-0.25, -0.2) is 4.18 Å². The van der Waals surface area contributed by atoms with Crippen LogP contribution in [0.25, 0.3) is 0 Å². The highest BCUT2D eigenvalue weighted by atomic mass is 32.3. The van der Waals surface area contributed by atoms with Crippen LogP contribution in [0, 0.1) is 5.92 Å². The minimum atomic E-state index is -4.53. The van der Waals surface area contributed by atoms with Gasteiger partial charge in [-0.1, -0.05) is 58.8 Å². The molecule has 138 valence electrons. The predicted octanol–water partition coefficient (Wildman–Crippen LogP) is 3.90. The lowest BCUT2D eigenvalue weighted by atomic mass is 9.98. The smallest absolute Gasteiger partial charge is 0.397 e. The molecule has 0 rings (SSSR count). The Kier molecular flexibility index (Phi) is 12.4. The summed E-state index contributed by atoms with van der Waals surface area (Å²) in [6.45, 7) is 6.01. The normalized spacial score (nSPS) is 14.4. The Bertz CT molecular complexity index is 407. The molecule has 6 nitrogen and oxygen atoms in total. The molecule has 0 bridgehead atoms. The van der Waals surface area contributed by atoms with Crippen molar-refractivity contribution in [3.63, 3.8) is 0 Å². The van der Waals surface area contributed by atoms with Gasteiger partial charge in [0.1, 0.15) is 0 Å². The molecule has 0 saturated carbocycles. The van der Waals surface area contributed by atoms with E-state index in [0.717, 1.165) is 19.3 Å². The second kappa shape index (κ2) is 12.7. The van der Waals surface area contributed by atoms with E-state index in [0.29, 0.717) is 12.5 Å².